The predicted octanol–water partition coefficient (Wildman–Crippen LogP) is 4.36. The van der Waals surface area contributed by atoms with Gasteiger partial charge in [0, 0.05) is 23.1 Å². The third kappa shape index (κ3) is 6.25. The lowest BCUT2D eigenvalue weighted by atomic mass is 10.0. The highest BCUT2D eigenvalue weighted by Crippen LogP contribution is 2.22. The van der Waals surface area contributed by atoms with E-state index in [1.165, 1.54) is 5.56 Å². The maximum Gasteiger partial charge on any atom is 0.0409 e. The molecule has 0 aliphatic heterocycles. The SMILES string of the molecule is CC(CNC(C)(C)C)CN(C)C(C)c1cccc(Cl)c1. The van der Waals surface area contributed by atoms with Crippen LogP contribution in [0.3, 0.4) is 0 Å². The Bertz CT molecular complexity index is 412. The van der Waals surface area contributed by atoms with Crippen molar-refractivity contribution in [3.63, 3.8) is 0 Å². The first-order valence-electron chi connectivity index (χ1n) is 7.40. The van der Waals surface area contributed by atoms with E-state index < -0.39 is 0 Å². The van der Waals surface area contributed by atoms with E-state index in [-0.39, 0.29) is 5.54 Å². The van der Waals surface area contributed by atoms with Crippen LogP contribution in [0, 0.1) is 5.92 Å². The van der Waals surface area contributed by atoms with Crippen LogP contribution in [0.1, 0.15) is 46.2 Å². The van der Waals surface area contributed by atoms with Gasteiger partial charge in [-0.1, -0.05) is 30.7 Å². The van der Waals surface area contributed by atoms with E-state index in [2.05, 4.69) is 64.0 Å². The summed E-state index contributed by atoms with van der Waals surface area (Å²) in [5.41, 5.74) is 1.46. The van der Waals surface area contributed by atoms with Crippen LogP contribution in [-0.4, -0.2) is 30.6 Å². The quantitative estimate of drug-likeness (QED) is 0.839. The summed E-state index contributed by atoms with van der Waals surface area (Å²) in [6.07, 6.45) is 0. The molecule has 2 unspecified atom stereocenters. The number of rotatable bonds is 6. The second kappa shape index (κ2) is 7.44. The zero-order valence-corrected chi connectivity index (χ0v) is 14.5. The molecule has 1 N–H and O–H groups in total. The smallest absolute Gasteiger partial charge is 0.0409 e. The van der Waals surface area contributed by atoms with E-state index in [9.17, 15) is 0 Å². The molecule has 114 valence electrons. The molecule has 0 amide bonds. The van der Waals surface area contributed by atoms with Crippen LogP contribution in [0.4, 0.5) is 0 Å². The van der Waals surface area contributed by atoms with Crippen molar-refractivity contribution >= 4 is 11.6 Å². The maximum atomic E-state index is 6.07. The predicted molar refractivity (Wildman–Crippen MR) is 89.4 cm³/mol. The Morgan fingerprint density at radius 3 is 2.45 bits per heavy atom. The second-order valence-electron chi connectivity index (χ2n) is 6.91. The first-order chi connectivity index (χ1) is 9.19. The van der Waals surface area contributed by atoms with Gasteiger partial charge >= 0.3 is 0 Å². The molecule has 0 bridgehead atoms. The number of halogens is 1. The molecule has 0 aliphatic carbocycles. The lowest BCUT2D eigenvalue weighted by molar-refractivity contribution is 0.217. The van der Waals surface area contributed by atoms with Crippen LogP contribution in [0.15, 0.2) is 24.3 Å². The van der Waals surface area contributed by atoms with Gasteiger partial charge in [0.2, 0.25) is 0 Å². The van der Waals surface area contributed by atoms with Gasteiger partial charge in [0.05, 0.1) is 0 Å². The molecule has 0 aliphatic rings. The van der Waals surface area contributed by atoms with Crippen molar-refractivity contribution in [1.29, 1.82) is 0 Å². The lowest BCUT2D eigenvalue weighted by Gasteiger charge is -2.30. The number of nitrogens with one attached hydrogen (secondary N) is 1. The largest absolute Gasteiger partial charge is 0.312 e. The molecule has 0 fully saturated rings. The molecule has 0 aromatic heterocycles. The molecule has 1 rings (SSSR count). The minimum atomic E-state index is 0.186. The molecule has 0 radical (unpaired) electrons. The summed E-state index contributed by atoms with van der Waals surface area (Å²) in [6, 6.07) is 8.53. The fourth-order valence-electron chi connectivity index (χ4n) is 2.22. The Hall–Kier alpha value is -0.570. The van der Waals surface area contributed by atoms with Crippen molar-refractivity contribution in [2.45, 2.75) is 46.2 Å². The molecule has 1 aromatic carbocycles. The third-order valence-electron chi connectivity index (χ3n) is 3.57. The van der Waals surface area contributed by atoms with Crippen LogP contribution in [0.25, 0.3) is 0 Å². The molecule has 2 nitrogen and oxygen atoms in total. The highest BCUT2D eigenvalue weighted by atomic mass is 35.5. The standard InChI is InChI=1S/C17H29ClN2/c1-13(11-19-17(3,4)5)12-20(6)14(2)15-8-7-9-16(18)10-15/h7-10,13-14,19H,11-12H2,1-6H3. The van der Waals surface area contributed by atoms with Crippen LogP contribution in [-0.2, 0) is 0 Å². The Labute approximate surface area is 129 Å². The topological polar surface area (TPSA) is 15.3 Å². The average molecular weight is 297 g/mol. The van der Waals surface area contributed by atoms with Crippen LogP contribution in [0.2, 0.25) is 5.02 Å². The van der Waals surface area contributed by atoms with Crippen LogP contribution >= 0.6 is 11.6 Å². The van der Waals surface area contributed by atoms with E-state index in [0.717, 1.165) is 18.1 Å². The molecular weight excluding hydrogens is 268 g/mol. The van der Waals surface area contributed by atoms with Crippen LogP contribution < -0.4 is 5.32 Å². The lowest BCUT2D eigenvalue weighted by Crippen LogP contribution is -2.41. The van der Waals surface area contributed by atoms with Gasteiger partial charge in [0.25, 0.3) is 0 Å². The van der Waals surface area contributed by atoms with Gasteiger partial charge in [-0.3, -0.25) is 4.90 Å². The summed E-state index contributed by atoms with van der Waals surface area (Å²) in [7, 11) is 2.18. The molecule has 0 heterocycles. The van der Waals surface area contributed by atoms with Crippen molar-refractivity contribution in [2.24, 2.45) is 5.92 Å². The van der Waals surface area contributed by atoms with Crippen molar-refractivity contribution in [1.82, 2.24) is 10.2 Å². The van der Waals surface area contributed by atoms with E-state index in [4.69, 9.17) is 11.6 Å². The molecule has 1 aromatic rings. The van der Waals surface area contributed by atoms with Gasteiger partial charge in [-0.25, -0.2) is 0 Å². The fraction of sp³-hybridized carbons (Fsp3) is 0.647. The Morgan fingerprint density at radius 1 is 1.25 bits per heavy atom. The molecule has 0 spiro atoms. The van der Waals surface area contributed by atoms with Gasteiger partial charge in [-0.15, -0.1) is 0 Å². The molecule has 0 saturated heterocycles. The van der Waals surface area contributed by atoms with Gasteiger partial charge in [-0.2, -0.15) is 0 Å². The molecule has 0 saturated carbocycles. The number of nitrogens with zero attached hydrogens (tertiary/aromatic N) is 1. The molecule has 20 heavy (non-hydrogen) atoms. The Morgan fingerprint density at radius 2 is 1.90 bits per heavy atom. The first-order valence-corrected chi connectivity index (χ1v) is 7.77. The molecule has 2 atom stereocenters. The van der Waals surface area contributed by atoms with Crippen molar-refractivity contribution in [3.8, 4) is 0 Å². The highest BCUT2D eigenvalue weighted by molar-refractivity contribution is 6.30. The van der Waals surface area contributed by atoms with E-state index in [1.54, 1.807) is 0 Å². The number of benzene rings is 1. The maximum absolute atomic E-state index is 6.07. The minimum absolute atomic E-state index is 0.186. The van der Waals surface area contributed by atoms with E-state index in [0.29, 0.717) is 12.0 Å². The van der Waals surface area contributed by atoms with E-state index >= 15 is 0 Å². The summed E-state index contributed by atoms with van der Waals surface area (Å²) >= 11 is 6.07. The zero-order chi connectivity index (χ0) is 15.3. The van der Waals surface area contributed by atoms with Gasteiger partial charge < -0.3 is 5.32 Å². The summed E-state index contributed by atoms with van der Waals surface area (Å²) in [4.78, 5) is 2.39. The normalized spacial score (nSPS) is 15.4. The minimum Gasteiger partial charge on any atom is -0.312 e. The highest BCUT2D eigenvalue weighted by Gasteiger charge is 2.16. The Balaban J connectivity index is 2.51. The van der Waals surface area contributed by atoms with Crippen molar-refractivity contribution in [3.05, 3.63) is 34.9 Å². The zero-order valence-electron chi connectivity index (χ0n) is 13.7. The second-order valence-corrected chi connectivity index (χ2v) is 7.34. The summed E-state index contributed by atoms with van der Waals surface area (Å²) in [5, 5.41) is 4.38. The average Bonchev–Trinajstić information content (AvgIpc) is 2.34. The molecular formula is C17H29ClN2. The molecule has 3 heteroatoms. The first kappa shape index (κ1) is 17.5. The summed E-state index contributed by atoms with van der Waals surface area (Å²) < 4.78 is 0. The monoisotopic (exact) mass is 296 g/mol. The van der Waals surface area contributed by atoms with E-state index in [1.807, 2.05) is 12.1 Å². The van der Waals surface area contributed by atoms with Crippen molar-refractivity contribution in [2.75, 3.05) is 20.1 Å². The fourth-order valence-corrected chi connectivity index (χ4v) is 2.41. The van der Waals surface area contributed by atoms with Gasteiger partial charge in [-0.05, 0) is 64.9 Å². The Kier molecular flexibility index (Phi) is 6.50. The van der Waals surface area contributed by atoms with Crippen molar-refractivity contribution < 1.29 is 0 Å². The summed E-state index contributed by atoms with van der Waals surface area (Å²) in [6.45, 7) is 13.2. The number of hydrogen-bond donors (Lipinski definition) is 1. The number of hydrogen-bond acceptors (Lipinski definition) is 2. The van der Waals surface area contributed by atoms with Gasteiger partial charge in [0.15, 0.2) is 0 Å². The van der Waals surface area contributed by atoms with Crippen LogP contribution in [0.5, 0.6) is 0 Å². The third-order valence-corrected chi connectivity index (χ3v) is 3.81. The summed E-state index contributed by atoms with van der Waals surface area (Å²) in [5.74, 6) is 0.612. The van der Waals surface area contributed by atoms with Gasteiger partial charge in [0.1, 0.15) is 0 Å².